The van der Waals surface area contributed by atoms with Gasteiger partial charge in [0.25, 0.3) is 0 Å². The van der Waals surface area contributed by atoms with Gasteiger partial charge >= 0.3 is 0 Å². The van der Waals surface area contributed by atoms with Gasteiger partial charge in [-0.15, -0.1) is 12.4 Å². The number of guanidine groups is 2. The summed E-state index contributed by atoms with van der Waals surface area (Å²) in [7, 11) is 0. The van der Waals surface area contributed by atoms with E-state index in [-0.39, 0.29) is 29.8 Å². The molecule has 8 N–H and O–H groups in total. The van der Waals surface area contributed by atoms with Crippen molar-refractivity contribution in [2.24, 2.45) is 16.5 Å². The number of unbranched alkanes of at least 4 members (excludes halogenated alkanes) is 1. The highest BCUT2D eigenvalue weighted by Gasteiger charge is 1.90. The zero-order chi connectivity index (χ0) is 8.69. The molecule has 0 aromatic rings. The monoisotopic (exact) mass is 211 g/mol. The van der Waals surface area contributed by atoms with E-state index in [1.54, 1.807) is 0 Å². The van der Waals surface area contributed by atoms with Gasteiger partial charge in [0, 0.05) is 6.54 Å². The van der Waals surface area contributed by atoms with Crippen LogP contribution < -0.4 is 16.8 Å². The number of nitrogens with one attached hydrogen (secondary N) is 2. The van der Waals surface area contributed by atoms with Crippen molar-refractivity contribution in [2.75, 3.05) is 6.54 Å². The summed E-state index contributed by atoms with van der Waals surface area (Å²) in [6.07, 6.45) is 2.08. The molecule has 80 valence electrons. The van der Waals surface area contributed by atoms with Crippen molar-refractivity contribution < 1.29 is 5.48 Å². The molecule has 0 aliphatic heterocycles. The van der Waals surface area contributed by atoms with Crippen LogP contribution in [-0.4, -0.2) is 23.9 Å². The predicted molar refractivity (Wildman–Crippen MR) is 57.3 cm³/mol. The molecule has 0 aromatic carbocycles. The van der Waals surface area contributed by atoms with Gasteiger partial charge in [-0.25, -0.2) is 0 Å². The van der Waals surface area contributed by atoms with Crippen molar-refractivity contribution in [1.29, 1.82) is 5.41 Å². The molecule has 0 radical (unpaired) electrons. The van der Waals surface area contributed by atoms with Crippen LogP contribution in [0.5, 0.6) is 0 Å². The Balaban J connectivity index is -0.000000500. The minimum atomic E-state index is -0.178. The first-order chi connectivity index (χ1) is 5.16. The lowest BCUT2D eigenvalue weighted by Crippen LogP contribution is -2.40. The summed E-state index contributed by atoms with van der Waals surface area (Å²) in [6.45, 7) is 2.76. The Hall–Kier alpha value is -1.01. The fourth-order valence-corrected chi connectivity index (χ4v) is 0.535. The van der Waals surface area contributed by atoms with E-state index in [1.807, 2.05) is 0 Å². The van der Waals surface area contributed by atoms with E-state index in [4.69, 9.17) is 16.9 Å². The molecule has 6 nitrogen and oxygen atoms in total. The van der Waals surface area contributed by atoms with Gasteiger partial charge in [-0.05, 0) is 6.42 Å². The van der Waals surface area contributed by atoms with Crippen LogP contribution in [-0.2, 0) is 0 Å². The lowest BCUT2D eigenvalue weighted by molar-refractivity contribution is 0.804. The third kappa shape index (κ3) is 13.9. The molecule has 0 saturated carbocycles. The van der Waals surface area contributed by atoms with E-state index in [1.165, 1.54) is 0 Å². The van der Waals surface area contributed by atoms with Gasteiger partial charge in [0.2, 0.25) is 0 Å². The summed E-state index contributed by atoms with van der Waals surface area (Å²) in [6, 6.07) is 0. The molecular weight excluding hydrogens is 194 g/mol. The van der Waals surface area contributed by atoms with Crippen LogP contribution in [0.15, 0.2) is 4.99 Å². The first kappa shape index (κ1) is 17.9. The Bertz CT molecular complexity index is 161. The predicted octanol–water partition coefficient (Wildman–Crippen LogP) is -0.819. The SMILES string of the molecule is CCCCN=C(N)NC(=N)N.Cl.O. The van der Waals surface area contributed by atoms with E-state index in [0.29, 0.717) is 6.54 Å². The second kappa shape index (κ2) is 11.0. The highest BCUT2D eigenvalue weighted by Crippen LogP contribution is 1.85. The molecular formula is C6H18ClN5O. The molecule has 0 rings (SSSR count). The van der Waals surface area contributed by atoms with Crippen molar-refractivity contribution in [2.45, 2.75) is 19.8 Å². The first-order valence-corrected chi connectivity index (χ1v) is 3.57. The fourth-order valence-electron chi connectivity index (χ4n) is 0.535. The van der Waals surface area contributed by atoms with Crippen LogP contribution >= 0.6 is 12.4 Å². The van der Waals surface area contributed by atoms with Crippen molar-refractivity contribution in [1.82, 2.24) is 5.32 Å². The van der Waals surface area contributed by atoms with Gasteiger partial charge in [-0.3, -0.25) is 15.7 Å². The van der Waals surface area contributed by atoms with Crippen LogP contribution in [0.2, 0.25) is 0 Å². The Morgan fingerprint density at radius 2 is 2.00 bits per heavy atom. The second-order valence-corrected chi connectivity index (χ2v) is 2.16. The van der Waals surface area contributed by atoms with E-state index in [9.17, 15) is 0 Å². The Morgan fingerprint density at radius 3 is 2.38 bits per heavy atom. The van der Waals surface area contributed by atoms with Crippen LogP contribution in [0.3, 0.4) is 0 Å². The number of rotatable bonds is 3. The number of nitrogens with two attached hydrogens (primary N) is 2. The number of nitrogens with zero attached hydrogens (tertiary/aromatic N) is 1. The summed E-state index contributed by atoms with van der Waals surface area (Å²) in [5.41, 5.74) is 10.3. The smallest absolute Gasteiger partial charge is 0.195 e. The van der Waals surface area contributed by atoms with Crippen molar-refractivity contribution >= 4 is 24.3 Å². The van der Waals surface area contributed by atoms with Gasteiger partial charge in [0.15, 0.2) is 11.9 Å². The standard InChI is InChI=1S/C6H15N5.ClH.H2O/c1-2-3-4-10-6(9)11-5(7)8;;/h2-4H2,1H3,(H6,7,8,9,10,11);1H;1H2. The van der Waals surface area contributed by atoms with Crippen LogP contribution in [0.1, 0.15) is 19.8 Å². The number of aliphatic imine (C=N–C) groups is 1. The molecule has 0 fully saturated rings. The molecule has 0 atom stereocenters. The lowest BCUT2D eigenvalue weighted by atomic mass is 10.3. The quantitative estimate of drug-likeness (QED) is 0.276. The minimum Gasteiger partial charge on any atom is -0.412 e. The Morgan fingerprint density at radius 1 is 1.46 bits per heavy atom. The molecule has 13 heavy (non-hydrogen) atoms. The maximum atomic E-state index is 6.81. The average molecular weight is 212 g/mol. The van der Waals surface area contributed by atoms with Crippen molar-refractivity contribution in [3.63, 3.8) is 0 Å². The fraction of sp³-hybridized carbons (Fsp3) is 0.667. The van der Waals surface area contributed by atoms with Crippen LogP contribution in [0.4, 0.5) is 0 Å². The molecule has 0 heterocycles. The third-order valence-corrected chi connectivity index (χ3v) is 1.06. The molecule has 0 spiro atoms. The van der Waals surface area contributed by atoms with Gasteiger partial charge in [-0.2, -0.15) is 0 Å². The molecule has 0 saturated heterocycles. The third-order valence-electron chi connectivity index (χ3n) is 1.06. The van der Waals surface area contributed by atoms with Crippen LogP contribution in [0.25, 0.3) is 0 Å². The zero-order valence-corrected chi connectivity index (χ0v) is 8.45. The highest BCUT2D eigenvalue weighted by molar-refractivity contribution is 5.95. The summed E-state index contributed by atoms with van der Waals surface area (Å²) in [4.78, 5) is 3.92. The maximum Gasteiger partial charge on any atom is 0.195 e. The minimum absolute atomic E-state index is 0. The molecule has 0 aliphatic rings. The molecule has 0 bridgehead atoms. The number of hydrogen-bond acceptors (Lipinski definition) is 2. The summed E-state index contributed by atoms with van der Waals surface area (Å²) >= 11 is 0. The highest BCUT2D eigenvalue weighted by atomic mass is 35.5. The molecule has 0 aliphatic carbocycles. The topological polar surface area (TPSA) is 132 Å². The van der Waals surface area contributed by atoms with Gasteiger partial charge < -0.3 is 16.9 Å². The summed E-state index contributed by atoms with van der Waals surface area (Å²) < 4.78 is 0. The number of halogens is 1. The summed E-state index contributed by atoms with van der Waals surface area (Å²) in [5.74, 6) is 0.0358. The van der Waals surface area contributed by atoms with E-state index < -0.39 is 0 Å². The normalized spacial score (nSPS) is 9.46. The van der Waals surface area contributed by atoms with Gasteiger partial charge in [-0.1, -0.05) is 13.3 Å². The van der Waals surface area contributed by atoms with Crippen molar-refractivity contribution in [3.8, 4) is 0 Å². The van der Waals surface area contributed by atoms with Crippen LogP contribution in [0, 0.1) is 5.41 Å². The molecule has 7 heteroatoms. The molecule has 0 unspecified atom stereocenters. The molecule has 0 amide bonds. The molecule has 0 aromatic heterocycles. The number of hydrogen-bond donors (Lipinski definition) is 4. The first-order valence-electron chi connectivity index (χ1n) is 3.57. The average Bonchev–Trinajstić information content (AvgIpc) is 1.86. The summed E-state index contributed by atoms with van der Waals surface area (Å²) in [5, 5.41) is 9.20. The van der Waals surface area contributed by atoms with Gasteiger partial charge in [0.1, 0.15) is 0 Å². The Labute approximate surface area is 84.0 Å². The van der Waals surface area contributed by atoms with Gasteiger partial charge in [0.05, 0.1) is 0 Å². The zero-order valence-electron chi connectivity index (χ0n) is 7.63. The second-order valence-electron chi connectivity index (χ2n) is 2.16. The van der Waals surface area contributed by atoms with Crippen molar-refractivity contribution in [3.05, 3.63) is 0 Å². The maximum absolute atomic E-state index is 6.81. The van der Waals surface area contributed by atoms with E-state index in [2.05, 4.69) is 17.2 Å². The lowest BCUT2D eigenvalue weighted by Gasteiger charge is -2.00. The Kier molecular flexibility index (Phi) is 15.1. The van der Waals surface area contributed by atoms with E-state index >= 15 is 0 Å². The largest absolute Gasteiger partial charge is 0.412 e. The van der Waals surface area contributed by atoms with E-state index in [0.717, 1.165) is 12.8 Å².